The van der Waals surface area contributed by atoms with Gasteiger partial charge in [-0.3, -0.25) is 9.59 Å². The Bertz CT molecular complexity index is 1000. The van der Waals surface area contributed by atoms with Crippen molar-refractivity contribution in [1.29, 1.82) is 0 Å². The summed E-state index contributed by atoms with van der Waals surface area (Å²) in [6.07, 6.45) is 2.24. The summed E-state index contributed by atoms with van der Waals surface area (Å²) in [6, 6.07) is 4.88. The molecule has 6 nitrogen and oxygen atoms in total. The topological polar surface area (TPSA) is 82.1 Å². The lowest BCUT2D eigenvalue weighted by molar-refractivity contribution is 0.0970. The van der Waals surface area contributed by atoms with E-state index in [1.54, 1.807) is 44.2 Å². The lowest BCUT2D eigenvalue weighted by Gasteiger charge is -2.27. The van der Waals surface area contributed by atoms with Crippen LogP contribution in [0.25, 0.3) is 0 Å². The number of allylic oxidation sites excluding steroid dienone is 1. The Kier molecular flexibility index (Phi) is 5.25. The predicted molar refractivity (Wildman–Crippen MR) is 104 cm³/mol. The van der Waals surface area contributed by atoms with Crippen molar-refractivity contribution in [2.75, 3.05) is 21.3 Å². The minimum absolute atomic E-state index is 0.0745. The summed E-state index contributed by atoms with van der Waals surface area (Å²) in [5.41, 5.74) is 1.56. The molecular formula is C22H22O6. The summed E-state index contributed by atoms with van der Waals surface area (Å²) in [5.74, 6) is -0.0476. The number of methoxy groups -OCH3 is 3. The summed E-state index contributed by atoms with van der Waals surface area (Å²) >= 11 is 0. The molecule has 0 radical (unpaired) electrons. The van der Waals surface area contributed by atoms with Gasteiger partial charge in [0.1, 0.15) is 23.4 Å². The van der Waals surface area contributed by atoms with Crippen molar-refractivity contribution in [1.82, 2.24) is 0 Å². The second-order valence-corrected chi connectivity index (χ2v) is 6.37. The van der Waals surface area contributed by atoms with Crippen LogP contribution in [0.4, 0.5) is 0 Å². The normalized spacial score (nSPS) is 13.9. The fraction of sp³-hybridized carbons (Fsp3) is 0.273. The average molecular weight is 382 g/mol. The summed E-state index contributed by atoms with van der Waals surface area (Å²) < 4.78 is 16.4. The van der Waals surface area contributed by atoms with Gasteiger partial charge in [0, 0.05) is 16.7 Å². The standard InChI is InChI=1S/C22H22O6/c1-6-8-13(23)15-11(2)21(27-4)17-18(22(15)28-5)20(25)16-12(19(17)24)9-7-10-14(16)26-3/h6-10,13,23H,1-5H3/b8-6+. The molecule has 6 heteroatoms. The van der Waals surface area contributed by atoms with Crippen molar-refractivity contribution in [3.8, 4) is 17.2 Å². The number of hydrogen-bond donors (Lipinski definition) is 1. The largest absolute Gasteiger partial charge is 0.496 e. The first-order chi connectivity index (χ1) is 13.4. The highest BCUT2D eigenvalue weighted by Crippen LogP contribution is 2.47. The highest BCUT2D eigenvalue weighted by atomic mass is 16.5. The lowest BCUT2D eigenvalue weighted by Crippen LogP contribution is -2.25. The van der Waals surface area contributed by atoms with Crippen molar-refractivity contribution in [3.63, 3.8) is 0 Å². The number of ether oxygens (including phenoxy) is 3. The van der Waals surface area contributed by atoms with Gasteiger partial charge in [-0.2, -0.15) is 0 Å². The molecule has 0 amide bonds. The van der Waals surface area contributed by atoms with Gasteiger partial charge in [-0.25, -0.2) is 0 Å². The Labute approximate surface area is 163 Å². The number of benzene rings is 2. The summed E-state index contributed by atoms with van der Waals surface area (Å²) in [5, 5.41) is 10.6. The van der Waals surface area contributed by atoms with Crippen LogP contribution in [0.1, 0.15) is 56.0 Å². The fourth-order valence-corrected chi connectivity index (χ4v) is 3.76. The van der Waals surface area contributed by atoms with Gasteiger partial charge in [-0.05, 0) is 19.9 Å². The number of fused-ring (bicyclic) bond motifs is 2. The molecule has 28 heavy (non-hydrogen) atoms. The number of carbonyl (C=O) groups excluding carboxylic acids is 2. The van der Waals surface area contributed by atoms with E-state index in [1.165, 1.54) is 21.3 Å². The molecule has 0 aromatic heterocycles. The zero-order valence-electron chi connectivity index (χ0n) is 16.5. The number of rotatable bonds is 5. The first-order valence-electron chi connectivity index (χ1n) is 8.78. The minimum atomic E-state index is -1.03. The molecule has 0 saturated carbocycles. The predicted octanol–water partition coefficient (Wildman–Crippen LogP) is 3.41. The smallest absolute Gasteiger partial charge is 0.202 e. The van der Waals surface area contributed by atoms with E-state index in [9.17, 15) is 14.7 Å². The number of aliphatic hydroxyl groups excluding tert-OH is 1. The average Bonchev–Trinajstić information content (AvgIpc) is 2.70. The molecule has 1 unspecified atom stereocenters. The fourth-order valence-electron chi connectivity index (χ4n) is 3.76. The van der Waals surface area contributed by atoms with Crippen LogP contribution in [0.5, 0.6) is 17.2 Å². The van der Waals surface area contributed by atoms with Crippen molar-refractivity contribution < 1.29 is 28.9 Å². The van der Waals surface area contributed by atoms with Gasteiger partial charge in [0.25, 0.3) is 0 Å². The SMILES string of the molecule is C/C=C/C(O)c1c(C)c(OC)c2c(c1OC)C(=O)c1c(OC)cccc1C2=O. The highest BCUT2D eigenvalue weighted by molar-refractivity contribution is 6.31. The van der Waals surface area contributed by atoms with Crippen molar-refractivity contribution in [3.05, 3.63) is 63.7 Å². The van der Waals surface area contributed by atoms with E-state index in [-0.39, 0.29) is 39.5 Å². The van der Waals surface area contributed by atoms with Gasteiger partial charge in [0.2, 0.25) is 5.78 Å². The van der Waals surface area contributed by atoms with E-state index in [2.05, 4.69) is 0 Å². The van der Waals surface area contributed by atoms with Crippen molar-refractivity contribution in [2.45, 2.75) is 20.0 Å². The summed E-state index contributed by atoms with van der Waals surface area (Å²) in [6.45, 7) is 3.50. The second-order valence-electron chi connectivity index (χ2n) is 6.37. The van der Waals surface area contributed by atoms with Crippen LogP contribution in [-0.2, 0) is 0 Å². The van der Waals surface area contributed by atoms with Crippen LogP contribution >= 0.6 is 0 Å². The van der Waals surface area contributed by atoms with Crippen LogP contribution in [-0.4, -0.2) is 38.0 Å². The zero-order valence-corrected chi connectivity index (χ0v) is 16.5. The molecule has 2 aromatic carbocycles. The Morgan fingerprint density at radius 1 is 0.929 bits per heavy atom. The number of ketones is 2. The molecule has 0 saturated heterocycles. The van der Waals surface area contributed by atoms with Crippen molar-refractivity contribution in [2.24, 2.45) is 0 Å². The number of aliphatic hydroxyl groups is 1. The third-order valence-electron chi connectivity index (χ3n) is 4.94. The maximum Gasteiger partial charge on any atom is 0.202 e. The van der Waals surface area contributed by atoms with E-state index in [1.807, 2.05) is 0 Å². The molecule has 1 aliphatic carbocycles. The number of hydrogen-bond acceptors (Lipinski definition) is 6. The molecule has 1 aliphatic rings. The lowest BCUT2D eigenvalue weighted by atomic mass is 9.79. The van der Waals surface area contributed by atoms with E-state index < -0.39 is 11.9 Å². The molecule has 0 fully saturated rings. The molecule has 0 spiro atoms. The van der Waals surface area contributed by atoms with E-state index in [0.29, 0.717) is 16.9 Å². The minimum Gasteiger partial charge on any atom is -0.496 e. The Balaban J connectivity index is 2.46. The first kappa shape index (κ1) is 19.6. The Morgan fingerprint density at radius 2 is 1.57 bits per heavy atom. The van der Waals surface area contributed by atoms with Gasteiger partial charge in [0.15, 0.2) is 5.78 Å². The molecule has 146 valence electrons. The second kappa shape index (κ2) is 7.48. The maximum absolute atomic E-state index is 13.5. The molecule has 0 bridgehead atoms. The molecule has 1 N–H and O–H groups in total. The Morgan fingerprint density at radius 3 is 2.14 bits per heavy atom. The van der Waals surface area contributed by atoms with Crippen LogP contribution in [0, 0.1) is 6.92 Å². The molecule has 0 heterocycles. The van der Waals surface area contributed by atoms with Crippen LogP contribution in [0.3, 0.4) is 0 Å². The van der Waals surface area contributed by atoms with Gasteiger partial charge in [-0.15, -0.1) is 0 Å². The monoisotopic (exact) mass is 382 g/mol. The third-order valence-corrected chi connectivity index (χ3v) is 4.94. The van der Waals surface area contributed by atoms with Gasteiger partial charge in [-0.1, -0.05) is 24.3 Å². The quantitative estimate of drug-likeness (QED) is 0.681. The van der Waals surface area contributed by atoms with E-state index in [0.717, 1.165) is 0 Å². The van der Waals surface area contributed by atoms with E-state index >= 15 is 0 Å². The molecule has 0 aliphatic heterocycles. The maximum atomic E-state index is 13.5. The van der Waals surface area contributed by atoms with E-state index in [4.69, 9.17) is 14.2 Å². The van der Waals surface area contributed by atoms with Crippen molar-refractivity contribution >= 4 is 11.6 Å². The molecular weight excluding hydrogens is 360 g/mol. The van der Waals surface area contributed by atoms with Gasteiger partial charge in [0.05, 0.1) is 38.0 Å². The van der Waals surface area contributed by atoms with Gasteiger partial charge >= 0.3 is 0 Å². The molecule has 1 atom stereocenters. The summed E-state index contributed by atoms with van der Waals surface area (Å²) in [7, 11) is 4.28. The number of carbonyl (C=O) groups is 2. The molecule has 2 aromatic rings. The summed E-state index contributed by atoms with van der Waals surface area (Å²) in [4.78, 5) is 26.8. The third kappa shape index (κ3) is 2.68. The zero-order chi connectivity index (χ0) is 20.6. The highest BCUT2D eigenvalue weighted by Gasteiger charge is 2.40. The Hall–Kier alpha value is -3.12. The molecule has 3 rings (SSSR count). The first-order valence-corrected chi connectivity index (χ1v) is 8.78. The van der Waals surface area contributed by atoms with Gasteiger partial charge < -0.3 is 19.3 Å². The van der Waals surface area contributed by atoms with Crippen LogP contribution < -0.4 is 14.2 Å². The van der Waals surface area contributed by atoms with Crippen LogP contribution in [0.15, 0.2) is 30.4 Å². The van der Waals surface area contributed by atoms with Crippen LogP contribution in [0.2, 0.25) is 0 Å².